The molecule has 0 aromatic heterocycles. The zero-order valence-electron chi connectivity index (χ0n) is 11.8. The number of halogens is 1. The van der Waals surface area contributed by atoms with E-state index in [2.05, 4.69) is 40.0 Å². The molecular formula is C14H20BrN3OS. The molecule has 0 aliphatic carbocycles. The Labute approximate surface area is 132 Å². The summed E-state index contributed by atoms with van der Waals surface area (Å²) in [4.78, 5) is 15.1. The van der Waals surface area contributed by atoms with Gasteiger partial charge in [0.15, 0.2) is 0 Å². The van der Waals surface area contributed by atoms with Gasteiger partial charge in [-0.15, -0.1) is 11.8 Å². The van der Waals surface area contributed by atoms with E-state index >= 15 is 0 Å². The lowest BCUT2D eigenvalue weighted by molar-refractivity contribution is -0.116. The van der Waals surface area contributed by atoms with E-state index in [0.29, 0.717) is 0 Å². The number of rotatable bonds is 6. The first-order valence-electron chi connectivity index (χ1n) is 6.81. The second-order valence-electron chi connectivity index (χ2n) is 4.71. The number of hydrogen-bond acceptors (Lipinski definition) is 4. The molecule has 1 aromatic rings. The smallest absolute Gasteiger partial charge is 0.245 e. The second kappa shape index (κ2) is 6.93. The van der Waals surface area contributed by atoms with Crippen LogP contribution in [-0.4, -0.2) is 36.2 Å². The van der Waals surface area contributed by atoms with Crippen molar-refractivity contribution in [1.29, 1.82) is 0 Å². The summed E-state index contributed by atoms with van der Waals surface area (Å²) in [6, 6.07) is 3.42. The molecule has 1 unspecified atom stereocenters. The van der Waals surface area contributed by atoms with Gasteiger partial charge in [-0.1, -0.05) is 13.8 Å². The minimum Gasteiger partial charge on any atom is -0.324 e. The van der Waals surface area contributed by atoms with E-state index in [1.54, 1.807) is 11.8 Å². The third kappa shape index (κ3) is 3.36. The van der Waals surface area contributed by atoms with E-state index in [1.165, 1.54) is 0 Å². The van der Waals surface area contributed by atoms with E-state index in [0.717, 1.165) is 46.0 Å². The number of fused-ring (bicyclic) bond motifs is 1. The summed E-state index contributed by atoms with van der Waals surface area (Å²) in [6.45, 7) is 7.57. The number of nitrogens with two attached hydrogens (primary N) is 1. The molecule has 2 rings (SSSR count). The maximum absolute atomic E-state index is 11.6. The summed E-state index contributed by atoms with van der Waals surface area (Å²) in [5, 5.41) is 2.83. The highest BCUT2D eigenvalue weighted by molar-refractivity contribution is 9.10. The van der Waals surface area contributed by atoms with Gasteiger partial charge < -0.3 is 16.0 Å². The number of nitrogens with one attached hydrogen (secondary N) is 1. The lowest BCUT2D eigenvalue weighted by Gasteiger charge is -2.17. The van der Waals surface area contributed by atoms with Crippen molar-refractivity contribution in [2.24, 2.45) is 5.73 Å². The molecular weight excluding hydrogens is 338 g/mol. The maximum Gasteiger partial charge on any atom is 0.245 e. The van der Waals surface area contributed by atoms with Gasteiger partial charge in [0.2, 0.25) is 5.91 Å². The van der Waals surface area contributed by atoms with Crippen molar-refractivity contribution in [2.45, 2.75) is 24.8 Å². The summed E-state index contributed by atoms with van der Waals surface area (Å²) >= 11 is 5.36. The maximum atomic E-state index is 11.6. The molecule has 6 heteroatoms. The van der Waals surface area contributed by atoms with Gasteiger partial charge in [0, 0.05) is 32.9 Å². The van der Waals surface area contributed by atoms with Crippen molar-refractivity contribution in [2.75, 3.05) is 30.7 Å². The van der Waals surface area contributed by atoms with Crippen LogP contribution >= 0.6 is 27.7 Å². The van der Waals surface area contributed by atoms with Crippen molar-refractivity contribution in [3.8, 4) is 0 Å². The predicted octanol–water partition coefficient (Wildman–Crippen LogP) is 2.83. The number of hydrogen-bond donors (Lipinski definition) is 2. The van der Waals surface area contributed by atoms with E-state index in [-0.39, 0.29) is 5.91 Å². The Morgan fingerprint density at radius 3 is 2.75 bits per heavy atom. The number of amides is 1. The lowest BCUT2D eigenvalue weighted by Crippen LogP contribution is -2.25. The Bertz CT molecular complexity index is 505. The molecule has 0 radical (unpaired) electrons. The standard InChI is InChI=1S/C14H20BrN3OS/c1-3-18(4-2)5-6-20-12-8-11-9(7-10(12)15)13(16)14(19)17-11/h7-8,13H,3-6,16H2,1-2H3,(H,17,19). The first kappa shape index (κ1) is 15.8. The van der Waals surface area contributed by atoms with Crippen LogP contribution in [0.15, 0.2) is 21.5 Å². The fourth-order valence-electron chi connectivity index (χ4n) is 2.22. The van der Waals surface area contributed by atoms with Crippen molar-refractivity contribution < 1.29 is 4.79 Å². The van der Waals surface area contributed by atoms with Gasteiger partial charge in [-0.2, -0.15) is 0 Å². The molecule has 110 valence electrons. The molecule has 20 heavy (non-hydrogen) atoms. The molecule has 3 N–H and O–H groups in total. The molecule has 1 aromatic carbocycles. The molecule has 1 atom stereocenters. The summed E-state index contributed by atoms with van der Waals surface area (Å²) < 4.78 is 1.01. The highest BCUT2D eigenvalue weighted by atomic mass is 79.9. The van der Waals surface area contributed by atoms with Crippen LogP contribution in [-0.2, 0) is 4.79 Å². The van der Waals surface area contributed by atoms with E-state index in [4.69, 9.17) is 5.73 Å². The van der Waals surface area contributed by atoms with E-state index < -0.39 is 6.04 Å². The van der Waals surface area contributed by atoms with Crippen molar-refractivity contribution in [1.82, 2.24) is 4.90 Å². The second-order valence-corrected chi connectivity index (χ2v) is 6.70. The summed E-state index contributed by atoms with van der Waals surface area (Å²) in [5.41, 5.74) is 7.55. The molecule has 1 heterocycles. The monoisotopic (exact) mass is 357 g/mol. The van der Waals surface area contributed by atoms with Gasteiger partial charge >= 0.3 is 0 Å². The molecule has 4 nitrogen and oxygen atoms in total. The molecule has 1 aliphatic rings. The molecule has 0 saturated heterocycles. The fourth-order valence-corrected chi connectivity index (χ4v) is 3.89. The largest absolute Gasteiger partial charge is 0.324 e. The third-order valence-electron chi connectivity index (χ3n) is 3.54. The van der Waals surface area contributed by atoms with Crippen molar-refractivity contribution in [3.05, 3.63) is 22.2 Å². The van der Waals surface area contributed by atoms with Gasteiger partial charge in [0.1, 0.15) is 6.04 Å². The van der Waals surface area contributed by atoms with Crippen LogP contribution in [0, 0.1) is 0 Å². The Hall–Kier alpha value is -0.560. The molecule has 0 saturated carbocycles. The quantitative estimate of drug-likeness (QED) is 0.768. The van der Waals surface area contributed by atoms with E-state index in [9.17, 15) is 4.79 Å². The number of benzene rings is 1. The van der Waals surface area contributed by atoms with Crippen molar-refractivity contribution in [3.63, 3.8) is 0 Å². The molecule has 1 amide bonds. The number of carbonyl (C=O) groups is 1. The molecule has 1 aliphatic heterocycles. The zero-order valence-corrected chi connectivity index (χ0v) is 14.2. The zero-order chi connectivity index (χ0) is 14.7. The normalized spacial score (nSPS) is 17.4. The number of nitrogens with zero attached hydrogens (tertiary/aromatic N) is 1. The minimum atomic E-state index is -0.545. The highest BCUT2D eigenvalue weighted by Gasteiger charge is 2.28. The lowest BCUT2D eigenvalue weighted by atomic mass is 10.1. The summed E-state index contributed by atoms with van der Waals surface area (Å²) in [7, 11) is 0. The van der Waals surface area contributed by atoms with Crippen LogP contribution in [0.1, 0.15) is 25.5 Å². The van der Waals surface area contributed by atoms with Gasteiger partial charge in [-0.25, -0.2) is 0 Å². The topological polar surface area (TPSA) is 58.4 Å². The summed E-state index contributed by atoms with van der Waals surface area (Å²) in [5.74, 6) is 0.899. The Balaban J connectivity index is 2.04. The van der Waals surface area contributed by atoms with Gasteiger partial charge in [-0.3, -0.25) is 4.79 Å². The van der Waals surface area contributed by atoms with Gasteiger partial charge in [-0.05, 0) is 41.2 Å². The first-order valence-corrected chi connectivity index (χ1v) is 8.59. The third-order valence-corrected chi connectivity index (χ3v) is 5.49. The van der Waals surface area contributed by atoms with Crippen LogP contribution in [0.25, 0.3) is 0 Å². The van der Waals surface area contributed by atoms with Gasteiger partial charge in [0.05, 0.1) is 0 Å². The Morgan fingerprint density at radius 1 is 1.40 bits per heavy atom. The number of anilines is 1. The van der Waals surface area contributed by atoms with Gasteiger partial charge in [0.25, 0.3) is 0 Å². The number of thioether (sulfide) groups is 1. The molecule has 0 fully saturated rings. The van der Waals surface area contributed by atoms with Crippen LogP contribution in [0.2, 0.25) is 0 Å². The summed E-state index contributed by atoms with van der Waals surface area (Å²) in [6.07, 6.45) is 0. The van der Waals surface area contributed by atoms with E-state index in [1.807, 2.05) is 12.1 Å². The molecule has 0 spiro atoms. The Morgan fingerprint density at radius 2 is 2.10 bits per heavy atom. The molecule has 0 bridgehead atoms. The van der Waals surface area contributed by atoms with Crippen LogP contribution in [0.5, 0.6) is 0 Å². The Kier molecular flexibility index (Phi) is 5.49. The highest BCUT2D eigenvalue weighted by Crippen LogP contribution is 2.38. The average molecular weight is 358 g/mol. The number of carbonyl (C=O) groups excluding carboxylic acids is 1. The fraction of sp³-hybridized carbons (Fsp3) is 0.500. The SMILES string of the molecule is CCN(CC)CCSc1cc2c(cc1Br)C(N)C(=O)N2. The van der Waals surface area contributed by atoms with Crippen LogP contribution < -0.4 is 11.1 Å². The average Bonchev–Trinajstić information content (AvgIpc) is 2.70. The van der Waals surface area contributed by atoms with Crippen molar-refractivity contribution >= 4 is 39.3 Å². The van der Waals surface area contributed by atoms with Crippen LogP contribution in [0.3, 0.4) is 0 Å². The minimum absolute atomic E-state index is 0.128. The first-order chi connectivity index (χ1) is 9.56. The van der Waals surface area contributed by atoms with Crippen LogP contribution in [0.4, 0.5) is 5.69 Å². The predicted molar refractivity (Wildman–Crippen MR) is 88.2 cm³/mol.